The molecule has 0 radical (unpaired) electrons. The van der Waals surface area contributed by atoms with Crippen molar-refractivity contribution in [2.75, 3.05) is 47.6 Å². The van der Waals surface area contributed by atoms with E-state index in [9.17, 15) is 19.7 Å². The van der Waals surface area contributed by atoms with Crippen molar-refractivity contribution < 1.29 is 33.1 Å². The molecule has 39 heavy (non-hydrogen) atoms. The summed E-state index contributed by atoms with van der Waals surface area (Å²) < 4.78 is 21.3. The van der Waals surface area contributed by atoms with E-state index in [4.69, 9.17) is 18.6 Å². The van der Waals surface area contributed by atoms with E-state index in [0.29, 0.717) is 43.3 Å². The molecule has 2 amide bonds. The van der Waals surface area contributed by atoms with Gasteiger partial charge < -0.3 is 28.4 Å². The van der Waals surface area contributed by atoms with Gasteiger partial charge in [-0.3, -0.25) is 19.7 Å². The number of carbonyl (C=O) groups excluding carboxylic acids is 2. The Morgan fingerprint density at radius 3 is 2.31 bits per heavy atom. The summed E-state index contributed by atoms with van der Waals surface area (Å²) >= 11 is 0. The van der Waals surface area contributed by atoms with E-state index in [1.807, 2.05) is 18.2 Å². The number of nitro groups is 1. The third kappa shape index (κ3) is 8.30. The Bertz CT molecular complexity index is 1230. The van der Waals surface area contributed by atoms with Crippen LogP contribution >= 0.6 is 0 Å². The summed E-state index contributed by atoms with van der Waals surface area (Å²) in [5.41, 5.74) is 1.09. The van der Waals surface area contributed by atoms with Gasteiger partial charge >= 0.3 is 0 Å². The van der Waals surface area contributed by atoms with Crippen molar-refractivity contribution in [1.82, 2.24) is 9.80 Å². The number of methoxy groups -OCH3 is 3. The van der Waals surface area contributed by atoms with Crippen LogP contribution in [-0.2, 0) is 22.5 Å². The van der Waals surface area contributed by atoms with E-state index in [-0.39, 0.29) is 36.8 Å². The minimum absolute atomic E-state index is 0.117. The molecule has 0 aliphatic carbocycles. The Balaban J connectivity index is 1.78. The maximum atomic E-state index is 13.6. The van der Waals surface area contributed by atoms with Crippen LogP contribution in [-0.4, -0.2) is 74.1 Å². The highest BCUT2D eigenvalue weighted by molar-refractivity contribution is 5.96. The predicted octanol–water partition coefficient (Wildman–Crippen LogP) is 3.96. The first-order valence-corrected chi connectivity index (χ1v) is 12.4. The molecule has 0 aliphatic rings. The molecule has 11 heteroatoms. The van der Waals surface area contributed by atoms with E-state index in [0.717, 1.165) is 5.56 Å². The second-order valence-electron chi connectivity index (χ2n) is 8.71. The second-order valence-corrected chi connectivity index (χ2v) is 8.71. The highest BCUT2D eigenvalue weighted by Gasteiger charge is 2.24. The van der Waals surface area contributed by atoms with Crippen molar-refractivity contribution in [3.05, 3.63) is 87.9 Å². The summed E-state index contributed by atoms with van der Waals surface area (Å²) in [5.74, 6) is 1.16. The molecule has 2 aromatic carbocycles. The van der Waals surface area contributed by atoms with Gasteiger partial charge in [0.1, 0.15) is 12.3 Å². The monoisotopic (exact) mass is 539 g/mol. The fraction of sp³-hybridized carbons (Fsp3) is 0.357. The SMILES string of the molecule is COCCCN(CC(=O)N(CCc1ccc(OC)c(OC)c1)Cc1ccco1)C(=O)c1ccc([N+](=O)[O-])cc1. The molecule has 0 fully saturated rings. The highest BCUT2D eigenvalue weighted by Crippen LogP contribution is 2.28. The molecule has 0 atom stereocenters. The van der Waals surface area contributed by atoms with Crippen LogP contribution in [0.4, 0.5) is 5.69 Å². The van der Waals surface area contributed by atoms with E-state index in [2.05, 4.69) is 0 Å². The van der Waals surface area contributed by atoms with Gasteiger partial charge in [-0.15, -0.1) is 0 Å². The molecule has 3 rings (SSSR count). The van der Waals surface area contributed by atoms with Gasteiger partial charge in [0, 0.05) is 44.5 Å². The van der Waals surface area contributed by atoms with Crippen LogP contribution < -0.4 is 9.47 Å². The predicted molar refractivity (Wildman–Crippen MR) is 143 cm³/mol. The summed E-state index contributed by atoms with van der Waals surface area (Å²) in [5, 5.41) is 11.0. The average Bonchev–Trinajstić information content (AvgIpc) is 3.47. The summed E-state index contributed by atoms with van der Waals surface area (Å²) in [4.78, 5) is 40.4. The summed E-state index contributed by atoms with van der Waals surface area (Å²) in [6.45, 7) is 1.11. The lowest BCUT2D eigenvalue weighted by Gasteiger charge is -2.27. The third-order valence-electron chi connectivity index (χ3n) is 6.11. The normalized spacial score (nSPS) is 10.6. The second kappa shape index (κ2) is 14.5. The standard InChI is InChI=1S/C28H33N3O8/c1-36-16-5-14-30(28(33)22-8-10-23(11-9-22)31(34)35)20-27(32)29(19-24-6-4-17-39-24)15-13-21-7-12-25(37-2)26(18-21)38-3/h4,6-12,17-18H,5,13-16,19-20H2,1-3H3. The lowest BCUT2D eigenvalue weighted by atomic mass is 10.1. The Morgan fingerprint density at radius 1 is 0.949 bits per heavy atom. The van der Waals surface area contributed by atoms with Crippen molar-refractivity contribution in [1.29, 1.82) is 0 Å². The van der Waals surface area contributed by atoms with Gasteiger partial charge in [-0.2, -0.15) is 0 Å². The first kappa shape index (κ1) is 29.2. The molecule has 0 saturated carbocycles. The molecule has 208 valence electrons. The van der Waals surface area contributed by atoms with Gasteiger partial charge in [0.25, 0.3) is 11.6 Å². The molecule has 0 saturated heterocycles. The minimum Gasteiger partial charge on any atom is -0.493 e. The Labute approximate surface area is 227 Å². The average molecular weight is 540 g/mol. The Kier molecular flexibility index (Phi) is 10.9. The number of nitrogens with zero attached hydrogens (tertiary/aromatic N) is 3. The largest absolute Gasteiger partial charge is 0.493 e. The van der Waals surface area contributed by atoms with E-state index in [1.54, 1.807) is 44.6 Å². The molecule has 1 heterocycles. The number of rotatable bonds is 15. The fourth-order valence-corrected chi connectivity index (χ4v) is 4.01. The molecule has 3 aromatic rings. The maximum absolute atomic E-state index is 13.6. The number of hydrogen-bond donors (Lipinski definition) is 0. The Hall–Kier alpha value is -4.38. The molecule has 0 N–H and O–H groups in total. The molecule has 0 spiro atoms. The van der Waals surface area contributed by atoms with Crippen LogP contribution in [0.5, 0.6) is 11.5 Å². The summed E-state index contributed by atoms with van der Waals surface area (Å²) in [6, 6.07) is 14.5. The van der Waals surface area contributed by atoms with Crippen LogP contribution in [0.3, 0.4) is 0 Å². The molecular weight excluding hydrogens is 506 g/mol. The molecule has 11 nitrogen and oxygen atoms in total. The molecule has 0 aliphatic heterocycles. The van der Waals surface area contributed by atoms with E-state index < -0.39 is 10.8 Å². The van der Waals surface area contributed by atoms with Crippen LogP contribution in [0.1, 0.15) is 28.1 Å². The van der Waals surface area contributed by atoms with Crippen molar-refractivity contribution in [3.63, 3.8) is 0 Å². The van der Waals surface area contributed by atoms with Gasteiger partial charge in [-0.1, -0.05) is 6.07 Å². The highest BCUT2D eigenvalue weighted by atomic mass is 16.6. The summed E-state index contributed by atoms with van der Waals surface area (Å²) in [7, 11) is 4.69. The number of furan rings is 1. The minimum atomic E-state index is -0.529. The zero-order chi connectivity index (χ0) is 28.2. The summed E-state index contributed by atoms with van der Waals surface area (Å²) in [6.07, 6.45) is 2.60. The number of ether oxygens (including phenoxy) is 3. The quantitative estimate of drug-likeness (QED) is 0.162. The first-order valence-electron chi connectivity index (χ1n) is 12.4. The van der Waals surface area contributed by atoms with Crippen molar-refractivity contribution in [3.8, 4) is 11.5 Å². The van der Waals surface area contributed by atoms with Crippen LogP contribution in [0.25, 0.3) is 0 Å². The van der Waals surface area contributed by atoms with Crippen molar-refractivity contribution in [2.45, 2.75) is 19.4 Å². The lowest BCUT2D eigenvalue weighted by Crippen LogP contribution is -2.44. The zero-order valence-electron chi connectivity index (χ0n) is 22.3. The van der Waals surface area contributed by atoms with Gasteiger partial charge in [0.15, 0.2) is 11.5 Å². The van der Waals surface area contributed by atoms with Gasteiger partial charge in [-0.05, 0) is 54.8 Å². The number of benzene rings is 2. The molecule has 0 unspecified atom stereocenters. The van der Waals surface area contributed by atoms with Gasteiger partial charge in [0.2, 0.25) is 5.91 Å². The van der Waals surface area contributed by atoms with Gasteiger partial charge in [0.05, 0.1) is 32.0 Å². The molecule has 0 bridgehead atoms. The number of non-ortho nitro benzene ring substituents is 1. The number of amides is 2. The van der Waals surface area contributed by atoms with Crippen molar-refractivity contribution in [2.24, 2.45) is 0 Å². The topological polar surface area (TPSA) is 125 Å². The number of carbonyl (C=O) groups is 2. The van der Waals surface area contributed by atoms with Crippen molar-refractivity contribution >= 4 is 17.5 Å². The van der Waals surface area contributed by atoms with E-state index in [1.165, 1.54) is 29.2 Å². The zero-order valence-corrected chi connectivity index (χ0v) is 22.3. The lowest BCUT2D eigenvalue weighted by molar-refractivity contribution is -0.384. The first-order chi connectivity index (χ1) is 18.9. The number of nitro benzene ring substituents is 1. The van der Waals surface area contributed by atoms with E-state index >= 15 is 0 Å². The number of hydrogen-bond acceptors (Lipinski definition) is 8. The Morgan fingerprint density at radius 2 is 1.69 bits per heavy atom. The molecule has 1 aromatic heterocycles. The smallest absolute Gasteiger partial charge is 0.269 e. The van der Waals surface area contributed by atoms with Gasteiger partial charge in [-0.25, -0.2) is 0 Å². The van der Waals surface area contributed by atoms with Crippen LogP contribution in [0.15, 0.2) is 65.3 Å². The fourth-order valence-electron chi connectivity index (χ4n) is 4.01. The molecular formula is C28H33N3O8. The maximum Gasteiger partial charge on any atom is 0.269 e. The third-order valence-corrected chi connectivity index (χ3v) is 6.11. The van der Waals surface area contributed by atoms with Crippen LogP contribution in [0, 0.1) is 10.1 Å². The van der Waals surface area contributed by atoms with Crippen LogP contribution in [0.2, 0.25) is 0 Å².